The van der Waals surface area contributed by atoms with E-state index >= 15 is 0 Å². The molecule has 3 rings (SSSR count). The molecule has 7 heteroatoms. The Hall–Kier alpha value is -1.79. The third kappa shape index (κ3) is 4.59. The fraction of sp³-hybridized carbons (Fsp3) is 0.652. The van der Waals surface area contributed by atoms with Crippen LogP contribution >= 0.6 is 11.6 Å². The van der Waals surface area contributed by atoms with Crippen LogP contribution in [0.25, 0.3) is 0 Å². The molecule has 2 aliphatic rings. The van der Waals surface area contributed by atoms with E-state index in [4.69, 9.17) is 16.3 Å². The van der Waals surface area contributed by atoms with Gasteiger partial charge in [-0.05, 0) is 57.7 Å². The Bertz CT molecular complexity index is 802. The molecular weight excluding hydrogens is 404 g/mol. The summed E-state index contributed by atoms with van der Waals surface area (Å²) in [5.74, 6) is -0.205. The van der Waals surface area contributed by atoms with E-state index < -0.39 is 22.7 Å². The van der Waals surface area contributed by atoms with Crippen molar-refractivity contribution in [2.45, 2.75) is 71.1 Å². The maximum absolute atomic E-state index is 13.2. The molecule has 1 heterocycles. The number of alkyl carbamates (subject to hydrolysis) is 1. The zero-order valence-electron chi connectivity index (χ0n) is 18.5. The fourth-order valence-corrected chi connectivity index (χ4v) is 4.56. The van der Waals surface area contributed by atoms with Crippen molar-refractivity contribution in [3.05, 3.63) is 34.9 Å². The Kier molecular flexibility index (Phi) is 6.14. The van der Waals surface area contributed by atoms with Crippen LogP contribution in [0.3, 0.4) is 0 Å². The van der Waals surface area contributed by atoms with E-state index in [-0.39, 0.29) is 17.9 Å². The van der Waals surface area contributed by atoms with E-state index in [1.807, 2.05) is 51.7 Å². The van der Waals surface area contributed by atoms with E-state index in [1.165, 1.54) is 0 Å². The zero-order valence-corrected chi connectivity index (χ0v) is 19.3. The first kappa shape index (κ1) is 22.9. The van der Waals surface area contributed by atoms with Crippen LogP contribution in [0.15, 0.2) is 24.3 Å². The number of rotatable bonds is 3. The van der Waals surface area contributed by atoms with E-state index in [0.29, 0.717) is 24.5 Å². The normalized spacial score (nSPS) is 28.4. The van der Waals surface area contributed by atoms with Crippen molar-refractivity contribution in [1.29, 1.82) is 0 Å². The molecule has 2 fully saturated rings. The highest BCUT2D eigenvalue weighted by Gasteiger charge is 2.51. The minimum atomic E-state index is -1.04. The maximum atomic E-state index is 13.2. The van der Waals surface area contributed by atoms with Crippen LogP contribution in [0.1, 0.15) is 59.4 Å². The number of carbonyl (C=O) groups excluding carboxylic acids is 2. The molecule has 166 valence electrons. The van der Waals surface area contributed by atoms with E-state index in [1.54, 1.807) is 12.1 Å². The molecule has 2 amide bonds. The van der Waals surface area contributed by atoms with E-state index in [0.717, 1.165) is 18.4 Å². The second-order valence-electron chi connectivity index (χ2n) is 10.2. The number of aliphatic hydroxyl groups is 1. The Morgan fingerprint density at radius 2 is 1.83 bits per heavy atom. The number of nitrogens with one attached hydrogen (secondary N) is 1. The summed E-state index contributed by atoms with van der Waals surface area (Å²) in [6, 6.07) is 7.07. The molecule has 1 saturated carbocycles. The van der Waals surface area contributed by atoms with Gasteiger partial charge >= 0.3 is 6.09 Å². The largest absolute Gasteiger partial charge is 0.444 e. The summed E-state index contributed by atoms with van der Waals surface area (Å²) >= 11 is 6.00. The van der Waals surface area contributed by atoms with Gasteiger partial charge in [0.2, 0.25) is 5.91 Å². The molecule has 1 aliphatic carbocycles. The van der Waals surface area contributed by atoms with Gasteiger partial charge in [-0.3, -0.25) is 4.79 Å². The molecule has 6 nitrogen and oxygen atoms in total. The standard InChI is InChI=1S/C23H33ClN2O4/c1-21(2,3)30-20(28)25-18-11-10-17(18)19(27)26-13-12-23(29,22(4,5)14-26)15-6-8-16(24)9-7-15/h6-9,17-18,29H,10-14H2,1-5H3,(H,25,28)/t17-,18+,23-/m0/s1. The SMILES string of the molecule is CC(C)(C)OC(=O)N[C@@H]1CC[C@@H]1C(=O)N1CC[C@](O)(c2ccc(Cl)cc2)C(C)(C)C1. The highest BCUT2D eigenvalue weighted by Crippen LogP contribution is 2.47. The Morgan fingerprint density at radius 3 is 2.33 bits per heavy atom. The molecule has 0 spiro atoms. The average Bonchev–Trinajstić information content (AvgIpc) is 2.60. The molecule has 0 radical (unpaired) electrons. The first-order valence-corrected chi connectivity index (χ1v) is 11.0. The van der Waals surface area contributed by atoms with Gasteiger partial charge in [-0.2, -0.15) is 0 Å². The second kappa shape index (κ2) is 8.04. The molecule has 3 atom stereocenters. The van der Waals surface area contributed by atoms with Crippen LogP contribution in [0, 0.1) is 11.3 Å². The molecule has 1 aromatic rings. The minimum Gasteiger partial charge on any atom is -0.444 e. The summed E-state index contributed by atoms with van der Waals surface area (Å²) < 4.78 is 5.32. The van der Waals surface area contributed by atoms with Gasteiger partial charge in [0, 0.05) is 29.6 Å². The lowest BCUT2D eigenvalue weighted by Gasteiger charge is -2.52. The van der Waals surface area contributed by atoms with Gasteiger partial charge in [0.25, 0.3) is 0 Å². The summed E-state index contributed by atoms with van der Waals surface area (Å²) in [5.41, 5.74) is -1.33. The fourth-order valence-electron chi connectivity index (χ4n) is 4.43. The van der Waals surface area contributed by atoms with Crippen LogP contribution in [0.4, 0.5) is 4.79 Å². The number of hydrogen-bond donors (Lipinski definition) is 2. The smallest absolute Gasteiger partial charge is 0.407 e. The van der Waals surface area contributed by atoms with E-state index in [9.17, 15) is 14.7 Å². The van der Waals surface area contributed by atoms with Crippen LogP contribution in [0.2, 0.25) is 5.02 Å². The first-order chi connectivity index (χ1) is 13.8. The van der Waals surface area contributed by atoms with Crippen molar-refractivity contribution in [2.75, 3.05) is 13.1 Å². The summed E-state index contributed by atoms with van der Waals surface area (Å²) in [4.78, 5) is 27.1. The van der Waals surface area contributed by atoms with Crippen molar-refractivity contribution < 1.29 is 19.4 Å². The van der Waals surface area contributed by atoms with Gasteiger partial charge < -0.3 is 20.1 Å². The van der Waals surface area contributed by atoms with Gasteiger partial charge in [-0.15, -0.1) is 0 Å². The molecule has 0 aromatic heterocycles. The number of carbonyl (C=O) groups is 2. The predicted molar refractivity (Wildman–Crippen MR) is 116 cm³/mol. The van der Waals surface area contributed by atoms with Crippen molar-refractivity contribution >= 4 is 23.6 Å². The summed E-state index contributed by atoms with van der Waals surface area (Å²) in [6.07, 6.45) is 1.48. The third-order valence-electron chi connectivity index (χ3n) is 6.38. The monoisotopic (exact) mass is 436 g/mol. The van der Waals surface area contributed by atoms with Gasteiger partial charge in [0.15, 0.2) is 0 Å². The molecule has 2 N–H and O–H groups in total. The summed E-state index contributed by atoms with van der Waals surface area (Å²) in [5, 5.41) is 15.0. The van der Waals surface area contributed by atoms with Crippen molar-refractivity contribution in [2.24, 2.45) is 11.3 Å². The minimum absolute atomic E-state index is 0.0357. The topological polar surface area (TPSA) is 78.9 Å². The second-order valence-corrected chi connectivity index (χ2v) is 10.6. The lowest BCUT2D eigenvalue weighted by Crippen LogP contribution is -2.60. The van der Waals surface area contributed by atoms with Crippen LogP contribution < -0.4 is 5.32 Å². The van der Waals surface area contributed by atoms with Crippen molar-refractivity contribution in [3.63, 3.8) is 0 Å². The molecule has 1 aromatic carbocycles. The van der Waals surface area contributed by atoms with Crippen LogP contribution in [0.5, 0.6) is 0 Å². The molecule has 0 bridgehead atoms. The maximum Gasteiger partial charge on any atom is 0.407 e. The molecule has 1 saturated heterocycles. The number of benzene rings is 1. The molecule has 0 unspecified atom stereocenters. The highest BCUT2D eigenvalue weighted by molar-refractivity contribution is 6.30. The van der Waals surface area contributed by atoms with Gasteiger partial charge in [-0.25, -0.2) is 4.79 Å². The van der Waals surface area contributed by atoms with Gasteiger partial charge in [0.1, 0.15) is 5.60 Å². The summed E-state index contributed by atoms with van der Waals surface area (Å²) in [6.45, 7) is 10.3. The molecule has 30 heavy (non-hydrogen) atoms. The first-order valence-electron chi connectivity index (χ1n) is 10.6. The van der Waals surface area contributed by atoms with E-state index in [2.05, 4.69) is 5.32 Å². The number of hydrogen-bond acceptors (Lipinski definition) is 4. The number of halogens is 1. The van der Waals surface area contributed by atoms with Crippen LogP contribution in [-0.4, -0.2) is 46.7 Å². The van der Waals surface area contributed by atoms with Gasteiger partial charge in [0.05, 0.1) is 11.5 Å². The number of amides is 2. The third-order valence-corrected chi connectivity index (χ3v) is 6.63. The van der Waals surface area contributed by atoms with Crippen molar-refractivity contribution in [3.8, 4) is 0 Å². The van der Waals surface area contributed by atoms with Crippen molar-refractivity contribution in [1.82, 2.24) is 10.2 Å². The Balaban J connectivity index is 1.65. The molecule has 1 aliphatic heterocycles. The number of nitrogens with zero attached hydrogens (tertiary/aromatic N) is 1. The average molecular weight is 437 g/mol. The highest BCUT2D eigenvalue weighted by atomic mass is 35.5. The predicted octanol–water partition coefficient (Wildman–Crippen LogP) is 4.09. The quantitative estimate of drug-likeness (QED) is 0.747. The Morgan fingerprint density at radius 1 is 1.20 bits per heavy atom. The summed E-state index contributed by atoms with van der Waals surface area (Å²) in [7, 11) is 0. The number of ether oxygens (including phenoxy) is 1. The lowest BCUT2D eigenvalue weighted by molar-refractivity contribution is -0.159. The number of piperidine rings is 1. The Labute approximate surface area is 183 Å². The number of likely N-dealkylation sites (tertiary alicyclic amines) is 1. The lowest BCUT2D eigenvalue weighted by atomic mass is 9.66. The van der Waals surface area contributed by atoms with Gasteiger partial charge in [-0.1, -0.05) is 37.6 Å². The molecular formula is C23H33ClN2O4. The van der Waals surface area contributed by atoms with Crippen LogP contribution in [-0.2, 0) is 15.1 Å². The zero-order chi connectivity index (χ0) is 22.3.